The lowest BCUT2D eigenvalue weighted by Gasteiger charge is -2.11. The Morgan fingerprint density at radius 3 is 2.84 bits per heavy atom. The fraction of sp³-hybridized carbons (Fsp3) is 0.533. The highest BCUT2D eigenvalue weighted by atomic mass is 32.2. The number of hydrogen-bond acceptors (Lipinski definition) is 4. The van der Waals surface area contributed by atoms with E-state index in [0.29, 0.717) is 0 Å². The third-order valence-corrected chi connectivity index (χ3v) is 3.72. The second-order valence-corrected chi connectivity index (χ2v) is 5.51. The van der Waals surface area contributed by atoms with Crippen molar-refractivity contribution in [3.05, 3.63) is 23.8 Å². The molecule has 0 amide bonds. The predicted molar refractivity (Wildman–Crippen MR) is 81.8 cm³/mol. The van der Waals surface area contributed by atoms with E-state index < -0.39 is 0 Å². The van der Waals surface area contributed by atoms with Crippen molar-refractivity contribution in [2.45, 2.75) is 31.1 Å². The molecule has 0 fully saturated rings. The van der Waals surface area contributed by atoms with Crippen LogP contribution in [0.25, 0.3) is 0 Å². The van der Waals surface area contributed by atoms with E-state index in [1.54, 1.807) is 18.9 Å². The summed E-state index contributed by atoms with van der Waals surface area (Å²) < 4.78 is 5.02. The average Bonchev–Trinajstić information content (AvgIpc) is 2.43. The van der Waals surface area contributed by atoms with E-state index in [-0.39, 0.29) is 0 Å². The maximum absolute atomic E-state index is 9.28. The first kappa shape index (κ1) is 15.9. The zero-order chi connectivity index (χ0) is 13.9. The minimum Gasteiger partial charge on any atom is -0.385 e. The van der Waals surface area contributed by atoms with E-state index in [2.05, 4.69) is 18.3 Å². The van der Waals surface area contributed by atoms with Crippen molar-refractivity contribution in [1.82, 2.24) is 0 Å². The van der Waals surface area contributed by atoms with Gasteiger partial charge in [-0.15, -0.1) is 11.8 Å². The van der Waals surface area contributed by atoms with Crippen LogP contribution in [-0.4, -0.2) is 26.0 Å². The van der Waals surface area contributed by atoms with Crippen molar-refractivity contribution < 1.29 is 4.74 Å². The lowest BCUT2D eigenvalue weighted by atomic mass is 10.2. The first-order valence-electron chi connectivity index (χ1n) is 6.72. The number of benzene rings is 1. The first-order valence-corrected chi connectivity index (χ1v) is 7.70. The van der Waals surface area contributed by atoms with Gasteiger partial charge in [-0.1, -0.05) is 13.0 Å². The molecule has 0 saturated carbocycles. The van der Waals surface area contributed by atoms with Gasteiger partial charge in [0.15, 0.2) is 0 Å². The largest absolute Gasteiger partial charge is 0.385 e. The van der Waals surface area contributed by atoms with Gasteiger partial charge >= 0.3 is 0 Å². The van der Waals surface area contributed by atoms with Gasteiger partial charge in [0.25, 0.3) is 0 Å². The first-order chi connectivity index (χ1) is 9.33. The molecule has 0 saturated heterocycles. The van der Waals surface area contributed by atoms with Gasteiger partial charge in [0, 0.05) is 25.2 Å². The van der Waals surface area contributed by atoms with Gasteiger partial charge in [0.05, 0.1) is 11.3 Å². The number of nitrogens with zero attached hydrogens (tertiary/aromatic N) is 1. The summed E-state index contributed by atoms with van der Waals surface area (Å²) in [6.07, 6.45) is 3.33. The lowest BCUT2D eigenvalue weighted by Crippen LogP contribution is -2.04. The molecule has 0 spiro atoms. The van der Waals surface area contributed by atoms with Crippen LogP contribution in [0.15, 0.2) is 23.1 Å². The minimum atomic E-state index is 0.770. The Balaban J connectivity index is 2.49. The number of ether oxygens (including phenoxy) is 1. The average molecular weight is 278 g/mol. The Labute approximate surface area is 120 Å². The molecule has 1 aromatic rings. The van der Waals surface area contributed by atoms with E-state index in [9.17, 15) is 5.26 Å². The molecule has 1 aromatic carbocycles. The zero-order valence-electron chi connectivity index (χ0n) is 11.7. The molecule has 3 nitrogen and oxygen atoms in total. The van der Waals surface area contributed by atoms with Crippen LogP contribution in [0.3, 0.4) is 0 Å². The van der Waals surface area contributed by atoms with Crippen molar-refractivity contribution in [1.29, 1.82) is 5.26 Å². The Morgan fingerprint density at radius 2 is 2.16 bits per heavy atom. The van der Waals surface area contributed by atoms with Crippen LogP contribution < -0.4 is 5.32 Å². The number of unbranched alkanes of at least 4 members (excludes halogenated alkanes) is 2. The lowest BCUT2D eigenvalue weighted by molar-refractivity contribution is 0.192. The molecule has 19 heavy (non-hydrogen) atoms. The number of thioether (sulfide) groups is 1. The van der Waals surface area contributed by atoms with Gasteiger partial charge in [-0.25, -0.2) is 0 Å². The summed E-state index contributed by atoms with van der Waals surface area (Å²) in [6, 6.07) is 8.30. The SMILES string of the molecule is CCSc1cccc(NCCCCCOC)c1C#N. The molecular formula is C15H22N2OS. The van der Waals surface area contributed by atoms with Gasteiger partial charge in [-0.2, -0.15) is 5.26 Å². The van der Waals surface area contributed by atoms with Crippen molar-refractivity contribution in [2.24, 2.45) is 0 Å². The summed E-state index contributed by atoms with van der Waals surface area (Å²) in [5.41, 5.74) is 1.72. The molecule has 0 heterocycles. The topological polar surface area (TPSA) is 45.0 Å². The Bertz CT molecular complexity index is 415. The molecule has 0 aliphatic heterocycles. The fourth-order valence-corrected chi connectivity index (χ4v) is 2.63. The van der Waals surface area contributed by atoms with E-state index >= 15 is 0 Å². The number of anilines is 1. The van der Waals surface area contributed by atoms with Crippen LogP contribution in [0.4, 0.5) is 5.69 Å². The van der Waals surface area contributed by atoms with Crippen LogP contribution in [0.1, 0.15) is 31.7 Å². The van der Waals surface area contributed by atoms with Gasteiger partial charge < -0.3 is 10.1 Å². The molecule has 0 aliphatic rings. The predicted octanol–water partition coefficient (Wildman–Crippen LogP) is 3.90. The molecule has 0 bridgehead atoms. The summed E-state index contributed by atoms with van der Waals surface area (Å²) in [6.45, 7) is 3.83. The Kier molecular flexibility index (Phi) is 8.11. The standard InChI is InChI=1S/C15H22N2OS/c1-3-19-15-9-7-8-14(13(15)12-16)17-10-5-4-6-11-18-2/h7-9,17H,3-6,10-11H2,1-2H3. The third kappa shape index (κ3) is 5.54. The molecule has 0 aliphatic carbocycles. The number of hydrogen-bond donors (Lipinski definition) is 1. The van der Waals surface area contributed by atoms with Crippen molar-refractivity contribution >= 4 is 17.4 Å². The molecule has 0 aromatic heterocycles. The summed E-state index contributed by atoms with van der Waals surface area (Å²) in [5, 5.41) is 12.6. The number of nitriles is 1. The van der Waals surface area contributed by atoms with E-state index in [0.717, 1.165) is 54.3 Å². The smallest absolute Gasteiger partial charge is 0.102 e. The summed E-state index contributed by atoms with van der Waals surface area (Å²) in [7, 11) is 1.73. The van der Waals surface area contributed by atoms with E-state index in [4.69, 9.17) is 4.74 Å². The number of nitrogens with one attached hydrogen (secondary N) is 1. The molecule has 4 heteroatoms. The minimum absolute atomic E-state index is 0.770. The molecule has 1 N–H and O–H groups in total. The second-order valence-electron chi connectivity index (χ2n) is 4.20. The highest BCUT2D eigenvalue weighted by Gasteiger charge is 2.07. The molecule has 0 atom stereocenters. The monoisotopic (exact) mass is 278 g/mol. The van der Waals surface area contributed by atoms with E-state index in [1.165, 1.54) is 0 Å². The van der Waals surface area contributed by atoms with Crippen LogP contribution in [0, 0.1) is 11.3 Å². The van der Waals surface area contributed by atoms with Crippen molar-refractivity contribution in [3.8, 4) is 6.07 Å². The third-order valence-electron chi connectivity index (χ3n) is 2.78. The Morgan fingerprint density at radius 1 is 1.32 bits per heavy atom. The van der Waals surface area contributed by atoms with Crippen molar-refractivity contribution in [3.63, 3.8) is 0 Å². The highest BCUT2D eigenvalue weighted by molar-refractivity contribution is 7.99. The molecule has 0 radical (unpaired) electrons. The van der Waals surface area contributed by atoms with Gasteiger partial charge in [0.1, 0.15) is 6.07 Å². The molecule has 0 unspecified atom stereocenters. The molecule has 104 valence electrons. The maximum Gasteiger partial charge on any atom is 0.102 e. The molecule has 1 rings (SSSR count). The fourth-order valence-electron chi connectivity index (χ4n) is 1.84. The highest BCUT2D eigenvalue weighted by Crippen LogP contribution is 2.27. The van der Waals surface area contributed by atoms with Crippen LogP contribution in [0.5, 0.6) is 0 Å². The second kappa shape index (κ2) is 9.71. The zero-order valence-corrected chi connectivity index (χ0v) is 12.6. The number of rotatable bonds is 9. The summed E-state index contributed by atoms with van der Waals surface area (Å²) in [4.78, 5) is 1.06. The van der Waals surface area contributed by atoms with E-state index in [1.807, 2.05) is 18.2 Å². The summed E-state index contributed by atoms with van der Waals surface area (Å²) >= 11 is 1.71. The Hall–Kier alpha value is -1.18. The van der Waals surface area contributed by atoms with Gasteiger partial charge in [0.2, 0.25) is 0 Å². The van der Waals surface area contributed by atoms with Crippen LogP contribution in [0.2, 0.25) is 0 Å². The molecular weight excluding hydrogens is 256 g/mol. The van der Waals surface area contributed by atoms with Crippen LogP contribution >= 0.6 is 11.8 Å². The van der Waals surface area contributed by atoms with Gasteiger partial charge in [-0.3, -0.25) is 0 Å². The van der Waals surface area contributed by atoms with Gasteiger partial charge in [-0.05, 0) is 37.1 Å². The van der Waals surface area contributed by atoms with Crippen molar-refractivity contribution in [2.75, 3.05) is 31.3 Å². The maximum atomic E-state index is 9.28. The quantitative estimate of drug-likeness (QED) is 0.549. The van der Waals surface area contributed by atoms with Crippen LogP contribution in [-0.2, 0) is 4.74 Å². The number of methoxy groups -OCH3 is 1. The normalized spacial score (nSPS) is 10.2. The summed E-state index contributed by atoms with van der Waals surface area (Å²) in [5.74, 6) is 0.981.